The van der Waals surface area contributed by atoms with Crippen LogP contribution in [0.25, 0.3) is 0 Å². The highest BCUT2D eigenvalue weighted by atomic mass is 16.5. The first kappa shape index (κ1) is 22.9. The number of rotatable bonds is 8. The fourth-order valence-corrected chi connectivity index (χ4v) is 3.19. The van der Waals surface area contributed by atoms with Gasteiger partial charge >= 0.3 is 0 Å². The molecular weight excluding hydrogens is 404 g/mol. The van der Waals surface area contributed by atoms with Crippen molar-refractivity contribution in [1.82, 2.24) is 9.97 Å². The molecule has 1 atom stereocenters. The van der Waals surface area contributed by atoms with Crippen LogP contribution in [0.5, 0.6) is 11.6 Å². The largest absolute Gasteiger partial charge is 0.439 e. The number of nitrogens with zero attached hydrogens (tertiary/aromatic N) is 2. The molecule has 1 unspecified atom stereocenters. The Bertz CT molecular complexity index is 1060. The Morgan fingerprint density at radius 2 is 1.62 bits per heavy atom. The molecule has 0 radical (unpaired) electrons. The summed E-state index contributed by atoms with van der Waals surface area (Å²) in [5, 5.41) is 5.52. The molecule has 166 valence electrons. The van der Waals surface area contributed by atoms with Gasteiger partial charge in [0.05, 0.1) is 5.92 Å². The van der Waals surface area contributed by atoms with Crippen molar-refractivity contribution in [2.45, 2.75) is 40.0 Å². The Balaban J connectivity index is 1.59. The second kappa shape index (κ2) is 10.5. The number of hydrogen-bond donors (Lipinski definition) is 2. The van der Waals surface area contributed by atoms with Gasteiger partial charge in [0.25, 0.3) is 0 Å². The second-order valence-electron chi connectivity index (χ2n) is 8.10. The molecule has 7 heteroatoms. The average Bonchev–Trinajstić information content (AvgIpc) is 2.74. The predicted molar refractivity (Wildman–Crippen MR) is 125 cm³/mol. The minimum absolute atomic E-state index is 0.0778. The molecule has 0 aliphatic carbocycles. The lowest BCUT2D eigenvalue weighted by atomic mass is 9.96. The number of nitrogens with one attached hydrogen (secondary N) is 2. The minimum atomic E-state index is -0.271. The summed E-state index contributed by atoms with van der Waals surface area (Å²) < 4.78 is 5.70. The zero-order valence-electron chi connectivity index (χ0n) is 18.8. The first-order valence-electron chi connectivity index (χ1n) is 10.6. The number of benzene rings is 2. The van der Waals surface area contributed by atoms with E-state index in [2.05, 4.69) is 46.6 Å². The molecule has 0 spiro atoms. The first-order valence-corrected chi connectivity index (χ1v) is 10.6. The van der Waals surface area contributed by atoms with E-state index in [-0.39, 0.29) is 17.7 Å². The Labute approximate surface area is 188 Å². The minimum Gasteiger partial charge on any atom is -0.439 e. The predicted octanol–water partition coefficient (Wildman–Crippen LogP) is 5.17. The maximum absolute atomic E-state index is 12.7. The molecule has 7 nitrogen and oxygen atoms in total. The standard InChI is InChI=1S/C25H28N4O3/c1-16(2)13-19-5-7-20(8-6-19)17(3)25(31)29-21-9-11-22(12-10-21)32-24-14-23(26-15-27-24)28-18(4)30/h5-12,14-17H,13H2,1-4H3,(H,29,31)(H,26,27,28,30). The summed E-state index contributed by atoms with van der Waals surface area (Å²) >= 11 is 0. The van der Waals surface area contributed by atoms with Gasteiger partial charge in [-0.25, -0.2) is 9.97 Å². The van der Waals surface area contributed by atoms with Crippen molar-refractivity contribution in [2.75, 3.05) is 10.6 Å². The molecule has 0 aliphatic heterocycles. The molecule has 1 aromatic heterocycles. The number of hydrogen-bond acceptors (Lipinski definition) is 5. The van der Waals surface area contributed by atoms with Crippen molar-refractivity contribution in [3.05, 3.63) is 72.1 Å². The van der Waals surface area contributed by atoms with Crippen LogP contribution in [0.2, 0.25) is 0 Å². The molecule has 0 saturated carbocycles. The lowest BCUT2D eigenvalue weighted by Gasteiger charge is -2.14. The summed E-state index contributed by atoms with van der Waals surface area (Å²) in [6.07, 6.45) is 2.34. The fourth-order valence-electron chi connectivity index (χ4n) is 3.19. The Morgan fingerprint density at radius 3 is 2.25 bits per heavy atom. The van der Waals surface area contributed by atoms with E-state index in [0.29, 0.717) is 29.1 Å². The Morgan fingerprint density at radius 1 is 0.938 bits per heavy atom. The molecule has 2 aromatic carbocycles. The molecule has 0 saturated heterocycles. The van der Waals surface area contributed by atoms with Gasteiger partial charge < -0.3 is 15.4 Å². The zero-order chi connectivity index (χ0) is 23.1. The van der Waals surface area contributed by atoms with Crippen molar-refractivity contribution >= 4 is 23.3 Å². The van der Waals surface area contributed by atoms with Crippen LogP contribution in [0.4, 0.5) is 11.5 Å². The molecule has 3 rings (SSSR count). The van der Waals surface area contributed by atoms with Crippen LogP contribution in [0.1, 0.15) is 44.7 Å². The maximum Gasteiger partial charge on any atom is 0.231 e. The van der Waals surface area contributed by atoms with E-state index in [9.17, 15) is 9.59 Å². The van der Waals surface area contributed by atoms with Crippen LogP contribution in [-0.4, -0.2) is 21.8 Å². The monoisotopic (exact) mass is 432 g/mol. The third kappa shape index (κ3) is 6.63. The second-order valence-corrected chi connectivity index (χ2v) is 8.10. The van der Waals surface area contributed by atoms with E-state index in [1.807, 2.05) is 19.1 Å². The van der Waals surface area contributed by atoms with Crippen molar-refractivity contribution in [1.29, 1.82) is 0 Å². The summed E-state index contributed by atoms with van der Waals surface area (Å²) in [4.78, 5) is 31.8. The van der Waals surface area contributed by atoms with Crippen LogP contribution in [-0.2, 0) is 16.0 Å². The average molecular weight is 433 g/mol. The Kier molecular flexibility index (Phi) is 7.54. The van der Waals surface area contributed by atoms with E-state index < -0.39 is 0 Å². The van der Waals surface area contributed by atoms with Crippen molar-refractivity contribution in [3.63, 3.8) is 0 Å². The van der Waals surface area contributed by atoms with Crippen molar-refractivity contribution in [3.8, 4) is 11.6 Å². The number of carbonyl (C=O) groups excluding carboxylic acids is 2. The lowest BCUT2D eigenvalue weighted by molar-refractivity contribution is -0.117. The number of ether oxygens (including phenoxy) is 1. The van der Waals surface area contributed by atoms with Gasteiger partial charge in [-0.05, 0) is 54.7 Å². The van der Waals surface area contributed by atoms with Gasteiger partial charge in [-0.15, -0.1) is 0 Å². The molecular formula is C25H28N4O3. The SMILES string of the molecule is CC(=O)Nc1cc(Oc2ccc(NC(=O)C(C)c3ccc(CC(C)C)cc3)cc2)ncn1. The smallest absolute Gasteiger partial charge is 0.231 e. The van der Waals surface area contributed by atoms with Gasteiger partial charge in [0.15, 0.2) is 0 Å². The normalized spacial score (nSPS) is 11.7. The van der Waals surface area contributed by atoms with Gasteiger partial charge in [0.1, 0.15) is 17.9 Å². The van der Waals surface area contributed by atoms with Gasteiger partial charge in [-0.1, -0.05) is 38.1 Å². The van der Waals surface area contributed by atoms with Crippen LogP contribution in [0.3, 0.4) is 0 Å². The molecule has 2 N–H and O–H groups in total. The van der Waals surface area contributed by atoms with E-state index in [1.54, 1.807) is 24.3 Å². The molecule has 1 heterocycles. The highest BCUT2D eigenvalue weighted by Crippen LogP contribution is 2.24. The maximum atomic E-state index is 12.7. The van der Waals surface area contributed by atoms with Gasteiger partial charge in [-0.2, -0.15) is 0 Å². The summed E-state index contributed by atoms with van der Waals surface area (Å²) in [5.74, 6) is 1.23. The highest BCUT2D eigenvalue weighted by molar-refractivity contribution is 5.95. The summed E-state index contributed by atoms with van der Waals surface area (Å²) in [5.41, 5.74) is 2.93. The highest BCUT2D eigenvalue weighted by Gasteiger charge is 2.15. The van der Waals surface area contributed by atoms with Crippen LogP contribution < -0.4 is 15.4 Å². The zero-order valence-corrected chi connectivity index (χ0v) is 18.8. The first-order chi connectivity index (χ1) is 15.3. The third-order valence-electron chi connectivity index (χ3n) is 4.81. The molecule has 0 bridgehead atoms. The number of carbonyl (C=O) groups is 2. The molecule has 0 aliphatic rings. The topological polar surface area (TPSA) is 93.2 Å². The van der Waals surface area contributed by atoms with E-state index in [1.165, 1.54) is 24.9 Å². The van der Waals surface area contributed by atoms with Gasteiger partial charge in [0.2, 0.25) is 17.7 Å². The quantitative estimate of drug-likeness (QED) is 0.512. The summed E-state index contributed by atoms with van der Waals surface area (Å²) in [6, 6.07) is 16.8. The van der Waals surface area contributed by atoms with Crippen molar-refractivity contribution < 1.29 is 14.3 Å². The van der Waals surface area contributed by atoms with Gasteiger partial charge in [-0.3, -0.25) is 9.59 Å². The lowest BCUT2D eigenvalue weighted by Crippen LogP contribution is -2.18. The van der Waals surface area contributed by atoms with E-state index in [4.69, 9.17) is 4.74 Å². The summed E-state index contributed by atoms with van der Waals surface area (Å²) in [6.45, 7) is 7.68. The van der Waals surface area contributed by atoms with E-state index in [0.717, 1.165) is 12.0 Å². The fraction of sp³-hybridized carbons (Fsp3) is 0.280. The molecule has 2 amide bonds. The number of aromatic nitrogens is 2. The summed E-state index contributed by atoms with van der Waals surface area (Å²) in [7, 11) is 0. The van der Waals surface area contributed by atoms with Crippen molar-refractivity contribution in [2.24, 2.45) is 5.92 Å². The third-order valence-corrected chi connectivity index (χ3v) is 4.81. The molecule has 0 fully saturated rings. The number of anilines is 2. The molecule has 3 aromatic rings. The molecule has 32 heavy (non-hydrogen) atoms. The van der Waals surface area contributed by atoms with Crippen LogP contribution in [0.15, 0.2) is 60.9 Å². The van der Waals surface area contributed by atoms with Gasteiger partial charge in [0, 0.05) is 18.7 Å². The van der Waals surface area contributed by atoms with E-state index >= 15 is 0 Å². The number of amides is 2. The Hall–Kier alpha value is -3.74. The van der Waals surface area contributed by atoms with Crippen LogP contribution >= 0.6 is 0 Å². The van der Waals surface area contributed by atoms with Crippen LogP contribution in [0, 0.1) is 5.92 Å².